The lowest BCUT2D eigenvalue weighted by Gasteiger charge is -2.15. The number of anilines is 1. The molecule has 2 N–H and O–H groups in total. The summed E-state index contributed by atoms with van der Waals surface area (Å²) in [7, 11) is 0. The Morgan fingerprint density at radius 2 is 1.55 bits per heavy atom. The summed E-state index contributed by atoms with van der Waals surface area (Å²) in [6, 6.07) is 24.1. The molecule has 3 aromatic rings. The van der Waals surface area contributed by atoms with Crippen molar-refractivity contribution in [2.24, 2.45) is 0 Å². The molecular weight excluding hydrogens is 416 g/mol. The van der Waals surface area contributed by atoms with Crippen LogP contribution in [-0.4, -0.2) is 24.4 Å². The van der Waals surface area contributed by atoms with Crippen molar-refractivity contribution in [3.05, 3.63) is 101 Å². The Morgan fingerprint density at radius 3 is 2.24 bits per heavy atom. The Kier molecular flexibility index (Phi) is 6.54. The molecule has 6 nitrogen and oxygen atoms in total. The predicted molar refractivity (Wildman–Crippen MR) is 126 cm³/mol. The lowest BCUT2D eigenvalue weighted by Crippen LogP contribution is -2.29. The Morgan fingerprint density at radius 1 is 0.879 bits per heavy atom. The molecule has 0 aliphatic heterocycles. The van der Waals surface area contributed by atoms with Crippen molar-refractivity contribution in [2.45, 2.75) is 31.7 Å². The number of amides is 2. The van der Waals surface area contributed by atoms with Crippen molar-refractivity contribution < 1.29 is 19.1 Å². The smallest absolute Gasteiger partial charge is 0.317 e. The van der Waals surface area contributed by atoms with Crippen LogP contribution in [0.5, 0.6) is 0 Å². The molecule has 1 aliphatic rings. The summed E-state index contributed by atoms with van der Waals surface area (Å²) in [6.07, 6.45) is 1.42. The van der Waals surface area contributed by atoms with Crippen LogP contribution in [0.25, 0.3) is 0 Å². The van der Waals surface area contributed by atoms with Gasteiger partial charge in [-0.15, -0.1) is 0 Å². The fourth-order valence-electron chi connectivity index (χ4n) is 3.72. The maximum absolute atomic E-state index is 12.7. The number of hydrogen-bond donors (Lipinski definition) is 2. The van der Waals surface area contributed by atoms with Crippen molar-refractivity contribution in [3.63, 3.8) is 0 Å². The van der Waals surface area contributed by atoms with E-state index < -0.39 is 23.9 Å². The fourth-order valence-corrected chi connectivity index (χ4v) is 3.72. The number of hydrogen-bond acceptors (Lipinski definition) is 4. The lowest BCUT2D eigenvalue weighted by molar-refractivity contribution is -0.150. The topological polar surface area (TPSA) is 84.5 Å². The van der Waals surface area contributed by atoms with Crippen LogP contribution in [0.2, 0.25) is 0 Å². The van der Waals surface area contributed by atoms with Crippen LogP contribution in [0.15, 0.2) is 78.9 Å². The number of rotatable bonds is 8. The molecule has 6 heteroatoms. The molecule has 0 unspecified atom stereocenters. The van der Waals surface area contributed by atoms with Crippen molar-refractivity contribution >= 4 is 23.5 Å². The molecule has 3 aromatic carbocycles. The summed E-state index contributed by atoms with van der Waals surface area (Å²) >= 11 is 0. The molecule has 33 heavy (non-hydrogen) atoms. The van der Waals surface area contributed by atoms with Crippen LogP contribution >= 0.6 is 0 Å². The van der Waals surface area contributed by atoms with Gasteiger partial charge in [0, 0.05) is 6.54 Å². The first kappa shape index (κ1) is 22.3. The Balaban J connectivity index is 1.33. The minimum absolute atomic E-state index is 0.301. The van der Waals surface area contributed by atoms with Gasteiger partial charge in [0.25, 0.3) is 11.8 Å². The quantitative estimate of drug-likeness (QED) is 0.514. The van der Waals surface area contributed by atoms with E-state index in [9.17, 15) is 14.4 Å². The standard InChI is InChI=1S/C27H26N2O4/c1-19-11-13-20(14-12-19)17-28-25(31)22-9-5-6-10-23(22)29-24(30)18-33-26(32)27(15-16-27)21-7-3-2-4-8-21/h2-14H,15-18H2,1H3,(H,28,31)(H,29,30). The van der Waals surface area contributed by atoms with E-state index in [-0.39, 0.29) is 5.91 Å². The zero-order chi connectivity index (χ0) is 23.3. The molecular formula is C27H26N2O4. The molecule has 1 aliphatic carbocycles. The summed E-state index contributed by atoms with van der Waals surface area (Å²) in [5, 5.41) is 5.56. The molecule has 4 rings (SSSR count). The van der Waals surface area contributed by atoms with Crippen LogP contribution in [0.4, 0.5) is 5.69 Å². The number of esters is 1. The molecule has 168 valence electrons. The molecule has 2 amide bonds. The monoisotopic (exact) mass is 442 g/mol. The van der Waals surface area contributed by atoms with Crippen molar-refractivity contribution in [2.75, 3.05) is 11.9 Å². The van der Waals surface area contributed by atoms with Crippen molar-refractivity contribution in [1.82, 2.24) is 5.32 Å². The fraction of sp³-hybridized carbons (Fsp3) is 0.222. The van der Waals surface area contributed by atoms with Gasteiger partial charge in [-0.1, -0.05) is 72.3 Å². The number of nitrogens with one attached hydrogen (secondary N) is 2. The first-order valence-electron chi connectivity index (χ1n) is 10.9. The number of ether oxygens (including phenoxy) is 1. The van der Waals surface area contributed by atoms with Gasteiger partial charge < -0.3 is 15.4 Å². The van der Waals surface area contributed by atoms with E-state index in [2.05, 4.69) is 10.6 Å². The van der Waals surface area contributed by atoms with Crippen LogP contribution in [0, 0.1) is 6.92 Å². The average Bonchev–Trinajstić information content (AvgIpc) is 3.65. The van der Waals surface area contributed by atoms with E-state index in [1.165, 1.54) is 0 Å². The average molecular weight is 443 g/mol. The van der Waals surface area contributed by atoms with Crippen LogP contribution in [0.1, 0.15) is 39.9 Å². The van der Waals surface area contributed by atoms with Gasteiger partial charge in [0.1, 0.15) is 0 Å². The molecule has 0 radical (unpaired) electrons. The lowest BCUT2D eigenvalue weighted by atomic mass is 9.96. The minimum atomic E-state index is -0.644. The Labute approximate surface area is 193 Å². The van der Waals surface area contributed by atoms with Crippen molar-refractivity contribution in [3.8, 4) is 0 Å². The highest BCUT2D eigenvalue weighted by molar-refractivity contribution is 6.04. The summed E-state index contributed by atoms with van der Waals surface area (Å²) in [5.74, 6) is -1.19. The highest BCUT2D eigenvalue weighted by Crippen LogP contribution is 2.49. The number of carbonyl (C=O) groups is 3. The minimum Gasteiger partial charge on any atom is -0.455 e. The van der Waals surface area contributed by atoms with Crippen LogP contribution in [0.3, 0.4) is 0 Å². The predicted octanol–water partition coefficient (Wildman–Crippen LogP) is 4.14. The van der Waals surface area contributed by atoms with E-state index in [4.69, 9.17) is 4.74 Å². The Bertz CT molecular complexity index is 1150. The maximum atomic E-state index is 12.7. The van der Waals surface area contributed by atoms with Gasteiger partial charge in [0.05, 0.1) is 16.7 Å². The largest absolute Gasteiger partial charge is 0.455 e. The maximum Gasteiger partial charge on any atom is 0.317 e. The highest BCUT2D eigenvalue weighted by Gasteiger charge is 2.52. The molecule has 0 saturated heterocycles. The second-order valence-corrected chi connectivity index (χ2v) is 8.29. The van der Waals surface area contributed by atoms with Gasteiger partial charge >= 0.3 is 5.97 Å². The molecule has 1 fully saturated rings. The van der Waals surface area contributed by atoms with Gasteiger partial charge in [-0.05, 0) is 43.0 Å². The molecule has 0 atom stereocenters. The summed E-state index contributed by atoms with van der Waals surface area (Å²) < 4.78 is 5.32. The molecule has 0 spiro atoms. The van der Waals surface area contributed by atoms with Gasteiger partial charge in [-0.3, -0.25) is 14.4 Å². The first-order valence-corrected chi connectivity index (χ1v) is 10.9. The van der Waals surface area contributed by atoms with E-state index in [1.54, 1.807) is 24.3 Å². The summed E-state index contributed by atoms with van der Waals surface area (Å²) in [6.45, 7) is 1.97. The van der Waals surface area contributed by atoms with Gasteiger partial charge in [0.2, 0.25) is 0 Å². The van der Waals surface area contributed by atoms with Gasteiger partial charge in [-0.2, -0.15) is 0 Å². The van der Waals surface area contributed by atoms with E-state index in [0.717, 1.165) is 16.7 Å². The summed E-state index contributed by atoms with van der Waals surface area (Å²) in [5.41, 5.74) is 3.10. The molecule has 0 heterocycles. The molecule has 1 saturated carbocycles. The second-order valence-electron chi connectivity index (χ2n) is 8.29. The number of benzene rings is 3. The van der Waals surface area contributed by atoms with E-state index in [1.807, 2.05) is 61.5 Å². The normalized spacial score (nSPS) is 13.6. The van der Waals surface area contributed by atoms with E-state index in [0.29, 0.717) is 30.6 Å². The van der Waals surface area contributed by atoms with Crippen LogP contribution < -0.4 is 10.6 Å². The summed E-state index contributed by atoms with van der Waals surface area (Å²) in [4.78, 5) is 37.8. The SMILES string of the molecule is Cc1ccc(CNC(=O)c2ccccc2NC(=O)COC(=O)C2(c3ccccc3)CC2)cc1. The van der Waals surface area contributed by atoms with Gasteiger partial charge in [-0.25, -0.2) is 0 Å². The van der Waals surface area contributed by atoms with Gasteiger partial charge in [0.15, 0.2) is 6.61 Å². The van der Waals surface area contributed by atoms with Crippen molar-refractivity contribution in [1.29, 1.82) is 0 Å². The molecule has 0 aromatic heterocycles. The van der Waals surface area contributed by atoms with Crippen LogP contribution in [-0.2, 0) is 26.3 Å². The highest BCUT2D eigenvalue weighted by atomic mass is 16.5. The third-order valence-electron chi connectivity index (χ3n) is 5.82. The number of carbonyl (C=O) groups excluding carboxylic acids is 3. The zero-order valence-corrected chi connectivity index (χ0v) is 18.5. The second kappa shape index (κ2) is 9.69. The third kappa shape index (κ3) is 5.29. The Hall–Kier alpha value is -3.93. The number of aryl methyl sites for hydroxylation is 1. The zero-order valence-electron chi connectivity index (χ0n) is 18.5. The third-order valence-corrected chi connectivity index (χ3v) is 5.82. The first-order chi connectivity index (χ1) is 16.0. The number of para-hydroxylation sites is 1. The van der Waals surface area contributed by atoms with E-state index >= 15 is 0 Å². The molecule has 0 bridgehead atoms.